The molecule has 0 bridgehead atoms. The Morgan fingerprint density at radius 1 is 1.50 bits per heavy atom. The van der Waals surface area contributed by atoms with Gasteiger partial charge >= 0.3 is 0 Å². The summed E-state index contributed by atoms with van der Waals surface area (Å²) in [5.41, 5.74) is 5.06. The van der Waals surface area contributed by atoms with Crippen LogP contribution in [0, 0.1) is 15.5 Å². The lowest BCUT2D eigenvalue weighted by Crippen LogP contribution is -2.38. The zero-order valence-electron chi connectivity index (χ0n) is 11.7. The van der Waals surface area contributed by atoms with Gasteiger partial charge in [-0.1, -0.05) is 26.8 Å². The molecule has 0 aliphatic carbocycles. The highest BCUT2D eigenvalue weighted by Gasteiger charge is 2.25. The van der Waals surface area contributed by atoms with Gasteiger partial charge in [-0.05, 0) is 11.5 Å². The van der Waals surface area contributed by atoms with Crippen molar-refractivity contribution >= 4 is 17.3 Å². The molecule has 0 saturated carbocycles. The van der Waals surface area contributed by atoms with E-state index in [0.717, 1.165) is 0 Å². The average Bonchev–Trinajstić information content (AvgIpc) is 2.30. The van der Waals surface area contributed by atoms with E-state index < -0.39 is 16.9 Å². The molecule has 110 valence electrons. The van der Waals surface area contributed by atoms with Gasteiger partial charge in [0, 0.05) is 18.5 Å². The number of hydrogen-bond acceptors (Lipinski definition) is 5. The molecule has 1 unspecified atom stereocenters. The highest BCUT2D eigenvalue weighted by atomic mass is 16.6. The molecule has 0 saturated heterocycles. The Morgan fingerprint density at radius 2 is 2.10 bits per heavy atom. The second-order valence-electron chi connectivity index (χ2n) is 5.65. The molecule has 1 amide bonds. The highest BCUT2D eigenvalue weighted by molar-refractivity contribution is 5.95. The van der Waals surface area contributed by atoms with Crippen molar-refractivity contribution < 1.29 is 14.8 Å². The van der Waals surface area contributed by atoms with Crippen molar-refractivity contribution in [1.29, 1.82) is 0 Å². The largest absolute Gasteiger partial charge is 0.505 e. The topological polar surface area (TPSA) is 118 Å². The third-order valence-corrected chi connectivity index (χ3v) is 3.00. The molecule has 4 N–H and O–H groups in total. The van der Waals surface area contributed by atoms with Crippen molar-refractivity contribution in [2.75, 3.05) is 5.32 Å². The molecule has 1 atom stereocenters. The van der Waals surface area contributed by atoms with E-state index in [1.165, 1.54) is 18.2 Å². The minimum atomic E-state index is -0.668. The molecule has 0 fully saturated rings. The van der Waals surface area contributed by atoms with E-state index in [9.17, 15) is 20.0 Å². The maximum Gasteiger partial charge on any atom is 0.296 e. The summed E-state index contributed by atoms with van der Waals surface area (Å²) in [5.74, 6) is -0.825. The molecule has 0 radical (unpaired) electrons. The lowest BCUT2D eigenvalue weighted by molar-refractivity contribution is -0.384. The molecule has 0 aliphatic heterocycles. The Labute approximate surface area is 116 Å². The number of carbonyl (C=O) groups excluding carboxylic acids is 1. The van der Waals surface area contributed by atoms with Gasteiger partial charge in [-0.15, -0.1) is 0 Å². The number of aromatic hydroxyl groups is 1. The van der Waals surface area contributed by atoms with E-state index in [1.807, 2.05) is 20.8 Å². The summed E-state index contributed by atoms with van der Waals surface area (Å²) in [7, 11) is 0. The van der Waals surface area contributed by atoms with Gasteiger partial charge in [0.15, 0.2) is 5.69 Å². The Bertz CT molecular complexity index is 523. The van der Waals surface area contributed by atoms with Gasteiger partial charge in [-0.2, -0.15) is 0 Å². The molecule has 1 rings (SSSR count). The number of nitrogens with two attached hydrogens (primary N) is 1. The molecule has 7 heteroatoms. The minimum Gasteiger partial charge on any atom is -0.505 e. The molecule has 7 nitrogen and oxygen atoms in total. The fraction of sp³-hybridized carbons (Fsp3) is 0.462. The third-order valence-electron chi connectivity index (χ3n) is 3.00. The Morgan fingerprint density at radius 3 is 2.60 bits per heavy atom. The predicted octanol–water partition coefficient (Wildman–Crippen LogP) is 2.00. The summed E-state index contributed by atoms with van der Waals surface area (Å²) in [5, 5.41) is 22.8. The van der Waals surface area contributed by atoms with Gasteiger partial charge in [0.05, 0.1) is 4.92 Å². The third kappa shape index (κ3) is 3.92. The number of anilines is 1. The normalized spacial score (nSPS) is 12.8. The van der Waals surface area contributed by atoms with Gasteiger partial charge in [0.25, 0.3) is 5.69 Å². The Hall–Kier alpha value is -2.15. The van der Waals surface area contributed by atoms with Crippen molar-refractivity contribution in [3.63, 3.8) is 0 Å². The number of nitrogens with one attached hydrogen (secondary N) is 1. The zero-order valence-corrected chi connectivity index (χ0v) is 11.7. The van der Waals surface area contributed by atoms with Crippen LogP contribution >= 0.6 is 0 Å². The van der Waals surface area contributed by atoms with Crippen molar-refractivity contribution in [2.24, 2.45) is 11.1 Å². The van der Waals surface area contributed by atoms with Crippen molar-refractivity contribution in [3.05, 3.63) is 28.3 Å². The summed E-state index contributed by atoms with van der Waals surface area (Å²) < 4.78 is 0. The lowest BCUT2D eigenvalue weighted by atomic mass is 9.85. The van der Waals surface area contributed by atoms with Gasteiger partial charge in [-0.25, -0.2) is 0 Å². The first-order chi connectivity index (χ1) is 9.12. The Balaban J connectivity index is 2.89. The van der Waals surface area contributed by atoms with Crippen LogP contribution in [0.25, 0.3) is 0 Å². The molecule has 0 spiro atoms. The van der Waals surface area contributed by atoms with Gasteiger partial charge in [-0.3, -0.25) is 14.9 Å². The van der Waals surface area contributed by atoms with Crippen LogP contribution in [0.5, 0.6) is 5.75 Å². The quantitative estimate of drug-likeness (QED) is 0.443. The number of hydrogen-bond donors (Lipinski definition) is 3. The lowest BCUT2D eigenvalue weighted by Gasteiger charge is -2.26. The number of nitrogens with zero attached hydrogens (tertiary/aromatic N) is 1. The number of amides is 1. The van der Waals surface area contributed by atoms with E-state index >= 15 is 0 Å². The van der Waals surface area contributed by atoms with Crippen molar-refractivity contribution in [1.82, 2.24) is 0 Å². The van der Waals surface area contributed by atoms with Crippen LogP contribution in [0.2, 0.25) is 0 Å². The number of phenols is 1. The first-order valence-corrected chi connectivity index (χ1v) is 6.14. The van der Waals surface area contributed by atoms with E-state index in [-0.39, 0.29) is 29.0 Å². The average molecular weight is 281 g/mol. The van der Waals surface area contributed by atoms with E-state index in [2.05, 4.69) is 5.32 Å². The summed E-state index contributed by atoms with van der Waals surface area (Å²) >= 11 is 0. The van der Waals surface area contributed by atoms with Crippen LogP contribution in [0.4, 0.5) is 11.4 Å². The number of para-hydroxylation sites is 1. The molecule has 1 aromatic carbocycles. The molecule has 1 aromatic rings. The molecular weight excluding hydrogens is 262 g/mol. The maximum absolute atomic E-state index is 11.9. The van der Waals surface area contributed by atoms with E-state index in [0.29, 0.717) is 0 Å². The maximum atomic E-state index is 11.9. The number of nitro benzene ring substituents is 1. The number of rotatable bonds is 4. The highest BCUT2D eigenvalue weighted by Crippen LogP contribution is 2.33. The summed E-state index contributed by atoms with van der Waals surface area (Å²) in [6, 6.07) is 3.42. The number of carbonyl (C=O) groups is 1. The van der Waals surface area contributed by atoms with Gasteiger partial charge in [0.1, 0.15) is 5.75 Å². The first-order valence-electron chi connectivity index (χ1n) is 6.14. The minimum absolute atomic E-state index is 0.00892. The molecule has 0 heterocycles. The number of nitro groups is 1. The number of phenolic OH excluding ortho intramolecular Hbond substituents is 1. The van der Waals surface area contributed by atoms with Gasteiger partial charge < -0.3 is 16.2 Å². The SMILES string of the molecule is CC(C)(C)C(N)CC(=O)Nc1c(O)cccc1[N+](=O)[O-]. The fourth-order valence-electron chi connectivity index (χ4n) is 1.50. The molecule has 20 heavy (non-hydrogen) atoms. The standard InChI is InChI=1S/C13H19N3O4/c1-13(2,3)10(14)7-11(18)15-12-8(16(19)20)5-4-6-9(12)17/h4-6,10,17H,7,14H2,1-3H3,(H,15,18). The predicted molar refractivity (Wildman–Crippen MR) is 75.4 cm³/mol. The van der Waals surface area contributed by atoms with Crippen LogP contribution in [0.1, 0.15) is 27.2 Å². The van der Waals surface area contributed by atoms with Crippen molar-refractivity contribution in [2.45, 2.75) is 33.2 Å². The Kier molecular flexibility index (Phi) is 4.67. The molecular formula is C13H19N3O4. The molecule has 0 aliphatic rings. The molecule has 0 aromatic heterocycles. The summed E-state index contributed by atoms with van der Waals surface area (Å²) in [6.45, 7) is 5.69. The van der Waals surface area contributed by atoms with Crippen LogP contribution in [-0.2, 0) is 4.79 Å². The first kappa shape index (κ1) is 15.9. The van der Waals surface area contributed by atoms with Crippen LogP contribution in [0.15, 0.2) is 18.2 Å². The second kappa shape index (κ2) is 5.87. The summed E-state index contributed by atoms with van der Waals surface area (Å²) in [6.07, 6.45) is 0.00892. The van der Waals surface area contributed by atoms with E-state index in [1.54, 1.807) is 0 Å². The monoisotopic (exact) mass is 281 g/mol. The van der Waals surface area contributed by atoms with E-state index in [4.69, 9.17) is 5.73 Å². The number of benzene rings is 1. The van der Waals surface area contributed by atoms with Crippen LogP contribution in [-0.4, -0.2) is 22.0 Å². The summed E-state index contributed by atoms with van der Waals surface area (Å²) in [4.78, 5) is 22.1. The van der Waals surface area contributed by atoms with Crippen LogP contribution < -0.4 is 11.1 Å². The van der Waals surface area contributed by atoms with Crippen molar-refractivity contribution in [3.8, 4) is 5.75 Å². The van der Waals surface area contributed by atoms with Gasteiger partial charge in [0.2, 0.25) is 5.91 Å². The second-order valence-corrected chi connectivity index (χ2v) is 5.65. The fourth-order valence-corrected chi connectivity index (χ4v) is 1.50. The zero-order chi connectivity index (χ0) is 15.5. The van der Waals surface area contributed by atoms with Crippen LogP contribution in [0.3, 0.4) is 0 Å². The smallest absolute Gasteiger partial charge is 0.296 e.